The summed E-state index contributed by atoms with van der Waals surface area (Å²) in [5.74, 6) is 1.45. The van der Waals surface area contributed by atoms with Gasteiger partial charge in [0.05, 0.1) is 0 Å². The van der Waals surface area contributed by atoms with E-state index in [1.807, 2.05) is 6.92 Å². The third kappa shape index (κ3) is 4.36. The molecule has 1 aromatic rings. The molecule has 0 radical (unpaired) electrons. The van der Waals surface area contributed by atoms with Gasteiger partial charge in [-0.15, -0.1) is 0 Å². The standard InChI is InChI=1S/C18H28N2O/c1-5-16(21)14-8-6-13(7-9-14)10-15-11-17(18(2,3)4)20-12-19-15/h11-14H,5-10H2,1-4H3. The number of rotatable bonds is 4. The van der Waals surface area contributed by atoms with Gasteiger partial charge in [0.25, 0.3) is 0 Å². The van der Waals surface area contributed by atoms with E-state index in [1.54, 1.807) is 6.33 Å². The number of aromatic nitrogens is 2. The monoisotopic (exact) mass is 288 g/mol. The normalized spacial score (nSPS) is 23.0. The minimum absolute atomic E-state index is 0.0723. The van der Waals surface area contributed by atoms with Crippen molar-refractivity contribution >= 4 is 5.78 Å². The Morgan fingerprint density at radius 3 is 2.43 bits per heavy atom. The van der Waals surface area contributed by atoms with E-state index in [1.165, 1.54) is 0 Å². The Bertz CT molecular complexity index is 482. The van der Waals surface area contributed by atoms with Crippen LogP contribution in [0.2, 0.25) is 0 Å². The Morgan fingerprint density at radius 1 is 1.19 bits per heavy atom. The Balaban J connectivity index is 1.93. The molecular weight excluding hydrogens is 260 g/mol. The summed E-state index contributed by atoms with van der Waals surface area (Å²) in [6.07, 6.45) is 7.86. The number of hydrogen-bond donors (Lipinski definition) is 0. The van der Waals surface area contributed by atoms with Gasteiger partial charge in [-0.2, -0.15) is 0 Å². The second-order valence-electron chi connectivity index (χ2n) is 7.39. The van der Waals surface area contributed by atoms with Crippen molar-refractivity contribution in [2.45, 2.75) is 71.6 Å². The summed E-state index contributed by atoms with van der Waals surface area (Å²) in [6, 6.07) is 2.16. The lowest BCUT2D eigenvalue weighted by atomic mass is 9.77. The average Bonchev–Trinajstić information content (AvgIpc) is 2.47. The number of Topliss-reactive ketones (excluding diaryl/α,β-unsaturated/α-hetero) is 1. The maximum Gasteiger partial charge on any atom is 0.135 e. The molecule has 1 fully saturated rings. The molecule has 0 amide bonds. The molecule has 3 nitrogen and oxygen atoms in total. The highest BCUT2D eigenvalue weighted by Crippen LogP contribution is 2.32. The Morgan fingerprint density at radius 2 is 1.86 bits per heavy atom. The largest absolute Gasteiger partial charge is 0.299 e. The number of ketones is 1. The molecular formula is C18H28N2O. The maximum absolute atomic E-state index is 11.8. The van der Waals surface area contributed by atoms with Crippen LogP contribution in [0.4, 0.5) is 0 Å². The van der Waals surface area contributed by atoms with Crippen LogP contribution in [-0.2, 0) is 16.6 Å². The van der Waals surface area contributed by atoms with Crippen LogP contribution in [-0.4, -0.2) is 15.8 Å². The molecule has 0 unspecified atom stereocenters. The molecule has 1 heterocycles. The van der Waals surface area contributed by atoms with Crippen molar-refractivity contribution in [3.05, 3.63) is 23.8 Å². The maximum atomic E-state index is 11.8. The van der Waals surface area contributed by atoms with Crippen LogP contribution in [0.3, 0.4) is 0 Å². The van der Waals surface area contributed by atoms with Gasteiger partial charge in [-0.25, -0.2) is 9.97 Å². The molecule has 1 aliphatic carbocycles. The molecule has 0 saturated heterocycles. The van der Waals surface area contributed by atoms with Gasteiger partial charge in [-0.3, -0.25) is 4.79 Å². The summed E-state index contributed by atoms with van der Waals surface area (Å²) in [6.45, 7) is 8.52. The van der Waals surface area contributed by atoms with Crippen molar-refractivity contribution in [3.63, 3.8) is 0 Å². The predicted octanol–water partition coefficient (Wildman–Crippen LogP) is 4.10. The fourth-order valence-electron chi connectivity index (χ4n) is 3.19. The molecule has 1 saturated carbocycles. The van der Waals surface area contributed by atoms with Gasteiger partial charge in [0.15, 0.2) is 0 Å². The van der Waals surface area contributed by atoms with E-state index in [0.29, 0.717) is 24.0 Å². The van der Waals surface area contributed by atoms with Crippen molar-refractivity contribution in [3.8, 4) is 0 Å². The van der Waals surface area contributed by atoms with Crippen molar-refractivity contribution < 1.29 is 4.79 Å². The second kappa shape index (κ2) is 6.67. The summed E-state index contributed by atoms with van der Waals surface area (Å²) < 4.78 is 0. The minimum Gasteiger partial charge on any atom is -0.299 e. The van der Waals surface area contributed by atoms with Crippen LogP contribution in [0.5, 0.6) is 0 Å². The van der Waals surface area contributed by atoms with E-state index in [4.69, 9.17) is 0 Å². The molecule has 0 bridgehead atoms. The molecule has 0 spiro atoms. The zero-order valence-electron chi connectivity index (χ0n) is 13.9. The van der Waals surface area contributed by atoms with Crippen molar-refractivity contribution in [1.29, 1.82) is 0 Å². The molecule has 116 valence electrons. The summed E-state index contributed by atoms with van der Waals surface area (Å²) in [7, 11) is 0. The van der Waals surface area contributed by atoms with Gasteiger partial charge in [0.2, 0.25) is 0 Å². The minimum atomic E-state index is 0.0723. The van der Waals surface area contributed by atoms with E-state index in [2.05, 4.69) is 36.8 Å². The Labute approximate surface area is 128 Å². The first-order valence-corrected chi connectivity index (χ1v) is 8.24. The smallest absolute Gasteiger partial charge is 0.135 e. The second-order valence-corrected chi connectivity index (χ2v) is 7.39. The molecule has 0 N–H and O–H groups in total. The zero-order valence-corrected chi connectivity index (χ0v) is 13.9. The van der Waals surface area contributed by atoms with E-state index >= 15 is 0 Å². The lowest BCUT2D eigenvalue weighted by molar-refractivity contribution is -0.123. The van der Waals surface area contributed by atoms with E-state index in [9.17, 15) is 4.79 Å². The molecule has 0 aliphatic heterocycles. The van der Waals surface area contributed by atoms with Crippen molar-refractivity contribution in [2.75, 3.05) is 0 Å². The fourth-order valence-corrected chi connectivity index (χ4v) is 3.19. The summed E-state index contributed by atoms with van der Waals surface area (Å²) in [5, 5.41) is 0. The number of nitrogens with zero attached hydrogens (tertiary/aromatic N) is 2. The molecule has 2 rings (SSSR count). The van der Waals surface area contributed by atoms with Gasteiger partial charge < -0.3 is 0 Å². The zero-order chi connectivity index (χ0) is 15.5. The third-order valence-corrected chi connectivity index (χ3v) is 4.64. The highest BCUT2D eigenvalue weighted by atomic mass is 16.1. The number of carbonyl (C=O) groups excluding carboxylic acids is 1. The van der Waals surface area contributed by atoms with Crippen LogP contribution in [0.1, 0.15) is 71.2 Å². The summed E-state index contributed by atoms with van der Waals surface area (Å²) >= 11 is 0. The lowest BCUT2D eigenvalue weighted by Gasteiger charge is -2.27. The molecule has 0 aromatic carbocycles. The van der Waals surface area contributed by atoms with Gasteiger partial charge in [0, 0.05) is 29.1 Å². The summed E-state index contributed by atoms with van der Waals surface area (Å²) in [5.41, 5.74) is 2.34. The number of hydrogen-bond acceptors (Lipinski definition) is 3. The Kier molecular flexibility index (Phi) is 5.13. The van der Waals surface area contributed by atoms with Crippen LogP contribution in [0.15, 0.2) is 12.4 Å². The van der Waals surface area contributed by atoms with Crippen LogP contribution in [0.25, 0.3) is 0 Å². The van der Waals surface area contributed by atoms with Crippen molar-refractivity contribution in [1.82, 2.24) is 9.97 Å². The molecule has 1 aromatic heterocycles. The Hall–Kier alpha value is -1.25. The first kappa shape index (κ1) is 16.1. The SMILES string of the molecule is CCC(=O)C1CCC(Cc2cc(C(C)(C)C)ncn2)CC1. The van der Waals surface area contributed by atoms with E-state index < -0.39 is 0 Å². The van der Waals surface area contributed by atoms with Crippen molar-refractivity contribution in [2.24, 2.45) is 11.8 Å². The molecule has 3 heteroatoms. The highest BCUT2D eigenvalue weighted by Gasteiger charge is 2.26. The van der Waals surface area contributed by atoms with E-state index in [0.717, 1.165) is 43.5 Å². The topological polar surface area (TPSA) is 42.9 Å². The van der Waals surface area contributed by atoms with E-state index in [-0.39, 0.29) is 5.41 Å². The summed E-state index contributed by atoms with van der Waals surface area (Å²) in [4.78, 5) is 20.6. The quantitative estimate of drug-likeness (QED) is 0.837. The first-order valence-electron chi connectivity index (χ1n) is 8.24. The van der Waals surface area contributed by atoms with Gasteiger partial charge in [-0.05, 0) is 44.1 Å². The number of carbonyl (C=O) groups is 1. The predicted molar refractivity (Wildman–Crippen MR) is 85.2 cm³/mol. The van der Waals surface area contributed by atoms with Gasteiger partial charge in [-0.1, -0.05) is 27.7 Å². The van der Waals surface area contributed by atoms with Gasteiger partial charge >= 0.3 is 0 Å². The lowest BCUT2D eigenvalue weighted by Crippen LogP contribution is -2.22. The third-order valence-electron chi connectivity index (χ3n) is 4.64. The van der Waals surface area contributed by atoms with Crippen LogP contribution < -0.4 is 0 Å². The van der Waals surface area contributed by atoms with Gasteiger partial charge in [0.1, 0.15) is 12.1 Å². The van der Waals surface area contributed by atoms with Crippen LogP contribution >= 0.6 is 0 Å². The fraction of sp³-hybridized carbons (Fsp3) is 0.722. The highest BCUT2D eigenvalue weighted by molar-refractivity contribution is 5.80. The molecule has 0 atom stereocenters. The first-order chi connectivity index (χ1) is 9.90. The van der Waals surface area contributed by atoms with Crippen LogP contribution in [0, 0.1) is 11.8 Å². The molecule has 21 heavy (non-hydrogen) atoms. The average molecular weight is 288 g/mol. The molecule has 1 aliphatic rings.